The van der Waals surface area contributed by atoms with Crippen molar-refractivity contribution in [3.63, 3.8) is 0 Å². The third kappa shape index (κ3) is 2.50. The predicted molar refractivity (Wildman–Crippen MR) is 72.4 cm³/mol. The summed E-state index contributed by atoms with van der Waals surface area (Å²) in [5.41, 5.74) is 0.895. The van der Waals surface area contributed by atoms with E-state index in [0.29, 0.717) is 10.7 Å². The highest BCUT2D eigenvalue weighted by Gasteiger charge is 2.21. The maximum Gasteiger partial charge on any atom is 0.281 e. The first kappa shape index (κ1) is 14.1. The molecular weight excluding hydrogens is 280 g/mol. The van der Waals surface area contributed by atoms with Crippen LogP contribution in [-0.4, -0.2) is 34.9 Å². The fourth-order valence-electron chi connectivity index (χ4n) is 1.67. The zero-order valence-corrected chi connectivity index (χ0v) is 11.6. The van der Waals surface area contributed by atoms with E-state index in [1.54, 1.807) is 24.3 Å². The molecule has 6 nitrogen and oxygen atoms in total. The van der Waals surface area contributed by atoms with Crippen LogP contribution in [0.1, 0.15) is 16.1 Å². The van der Waals surface area contributed by atoms with Gasteiger partial charge in [-0.2, -0.15) is 10.4 Å². The molecule has 20 heavy (non-hydrogen) atoms. The van der Waals surface area contributed by atoms with Crippen molar-refractivity contribution in [3.8, 4) is 11.8 Å². The van der Waals surface area contributed by atoms with Crippen LogP contribution < -0.4 is 0 Å². The number of hydrogen-bond donors (Lipinski definition) is 0. The molecule has 0 N–H and O–H groups in total. The van der Waals surface area contributed by atoms with Crippen LogP contribution in [0.25, 0.3) is 5.69 Å². The lowest BCUT2D eigenvalue weighted by Crippen LogP contribution is -2.25. The van der Waals surface area contributed by atoms with Crippen molar-refractivity contribution in [1.82, 2.24) is 14.8 Å². The van der Waals surface area contributed by atoms with Crippen LogP contribution in [0.4, 0.5) is 0 Å². The van der Waals surface area contributed by atoms with E-state index in [2.05, 4.69) is 5.10 Å². The van der Waals surface area contributed by atoms with Crippen LogP contribution in [0.2, 0.25) is 5.02 Å². The van der Waals surface area contributed by atoms with Gasteiger partial charge in [0.2, 0.25) is 0 Å². The number of rotatable bonds is 3. The van der Waals surface area contributed by atoms with E-state index in [1.165, 1.54) is 25.0 Å². The normalized spacial score (nSPS) is 10.1. The summed E-state index contributed by atoms with van der Waals surface area (Å²) < 4.78 is 1.36. The van der Waals surface area contributed by atoms with Gasteiger partial charge in [0.05, 0.1) is 24.6 Å². The quantitative estimate of drug-likeness (QED) is 0.811. The molecule has 0 radical (unpaired) electrons. The largest absolute Gasteiger partial charge is 0.281 e. The van der Waals surface area contributed by atoms with Crippen LogP contribution in [0.5, 0.6) is 0 Å². The third-order valence-electron chi connectivity index (χ3n) is 2.72. The van der Waals surface area contributed by atoms with Crippen LogP contribution >= 0.6 is 11.6 Å². The van der Waals surface area contributed by atoms with E-state index in [1.807, 2.05) is 6.07 Å². The molecule has 1 amide bonds. The lowest BCUT2D eigenvalue weighted by molar-refractivity contribution is -0.0757. The van der Waals surface area contributed by atoms with Crippen molar-refractivity contribution in [2.24, 2.45) is 0 Å². The number of aromatic nitrogens is 2. The van der Waals surface area contributed by atoms with E-state index in [9.17, 15) is 10.1 Å². The van der Waals surface area contributed by atoms with Gasteiger partial charge in [0.25, 0.3) is 5.91 Å². The van der Waals surface area contributed by atoms with Gasteiger partial charge in [-0.05, 0) is 18.2 Å². The number of nitriles is 1. The molecule has 7 heteroatoms. The first-order chi connectivity index (χ1) is 9.58. The summed E-state index contributed by atoms with van der Waals surface area (Å²) in [6.07, 6.45) is 1.33. The lowest BCUT2D eigenvalue weighted by Gasteiger charge is -2.12. The van der Waals surface area contributed by atoms with E-state index in [-0.39, 0.29) is 11.3 Å². The average molecular weight is 291 g/mol. The second-order valence-corrected chi connectivity index (χ2v) is 4.33. The Morgan fingerprint density at radius 1 is 1.55 bits per heavy atom. The van der Waals surface area contributed by atoms with Crippen molar-refractivity contribution >= 4 is 17.5 Å². The van der Waals surface area contributed by atoms with E-state index in [4.69, 9.17) is 16.4 Å². The van der Waals surface area contributed by atoms with Crippen LogP contribution in [0.3, 0.4) is 0 Å². The van der Waals surface area contributed by atoms with Gasteiger partial charge in [-0.3, -0.25) is 9.63 Å². The number of benzene rings is 1. The molecule has 0 aliphatic heterocycles. The molecule has 0 atom stereocenters. The molecule has 0 aliphatic carbocycles. The van der Waals surface area contributed by atoms with Crippen molar-refractivity contribution in [3.05, 3.63) is 46.7 Å². The lowest BCUT2D eigenvalue weighted by atomic mass is 10.2. The van der Waals surface area contributed by atoms with Gasteiger partial charge in [0.1, 0.15) is 6.07 Å². The summed E-state index contributed by atoms with van der Waals surface area (Å²) in [6.45, 7) is 0. The van der Waals surface area contributed by atoms with Crippen LogP contribution in [-0.2, 0) is 4.84 Å². The molecule has 2 aromatic rings. The van der Waals surface area contributed by atoms with Gasteiger partial charge in [0, 0.05) is 12.1 Å². The highest BCUT2D eigenvalue weighted by atomic mass is 35.5. The predicted octanol–water partition coefficient (Wildman–Crippen LogP) is 2.03. The maximum atomic E-state index is 12.0. The SMILES string of the molecule is CON(C)C(=O)c1cnn(-c2cccc(Cl)c2)c1C#N. The molecule has 1 aromatic heterocycles. The highest BCUT2D eigenvalue weighted by Crippen LogP contribution is 2.18. The number of amides is 1. The summed E-state index contributed by atoms with van der Waals surface area (Å²) in [4.78, 5) is 16.9. The van der Waals surface area contributed by atoms with E-state index >= 15 is 0 Å². The standard InChI is InChI=1S/C13H11ClN4O2/c1-17(20-2)13(19)11-8-16-18(12(11)7-15)10-5-3-4-9(14)6-10/h3-6,8H,1-2H3. The van der Waals surface area contributed by atoms with Gasteiger partial charge in [0.15, 0.2) is 5.69 Å². The molecule has 0 saturated carbocycles. The average Bonchev–Trinajstić information content (AvgIpc) is 2.89. The Kier molecular flexibility index (Phi) is 4.03. The van der Waals surface area contributed by atoms with Gasteiger partial charge in [-0.25, -0.2) is 9.75 Å². The van der Waals surface area contributed by atoms with Crippen molar-refractivity contribution < 1.29 is 9.63 Å². The molecule has 2 rings (SSSR count). The first-order valence-corrected chi connectivity index (χ1v) is 6.02. The molecule has 1 heterocycles. The summed E-state index contributed by atoms with van der Waals surface area (Å²) in [5.74, 6) is -0.447. The van der Waals surface area contributed by atoms with E-state index < -0.39 is 5.91 Å². The van der Waals surface area contributed by atoms with Gasteiger partial charge in [-0.1, -0.05) is 17.7 Å². The Hall–Kier alpha value is -2.36. The summed E-state index contributed by atoms with van der Waals surface area (Å²) in [6, 6.07) is 8.83. The van der Waals surface area contributed by atoms with Gasteiger partial charge in [-0.15, -0.1) is 0 Å². The van der Waals surface area contributed by atoms with Gasteiger partial charge < -0.3 is 0 Å². The van der Waals surface area contributed by atoms with Crippen molar-refractivity contribution in [2.75, 3.05) is 14.2 Å². The summed E-state index contributed by atoms with van der Waals surface area (Å²) in [7, 11) is 2.82. The topological polar surface area (TPSA) is 71.2 Å². The Labute approximate surface area is 120 Å². The minimum atomic E-state index is -0.447. The minimum Gasteiger partial charge on any atom is -0.274 e. The molecule has 0 spiro atoms. The molecular formula is C13H11ClN4O2. The molecule has 102 valence electrons. The maximum absolute atomic E-state index is 12.0. The van der Waals surface area contributed by atoms with Crippen molar-refractivity contribution in [1.29, 1.82) is 5.26 Å². The molecule has 0 saturated heterocycles. The summed E-state index contributed by atoms with van der Waals surface area (Å²) in [5, 5.41) is 14.9. The Bertz CT molecular complexity index is 690. The summed E-state index contributed by atoms with van der Waals surface area (Å²) >= 11 is 5.91. The second kappa shape index (κ2) is 5.74. The first-order valence-electron chi connectivity index (χ1n) is 5.64. The fraction of sp³-hybridized carbons (Fsp3) is 0.154. The zero-order chi connectivity index (χ0) is 14.7. The van der Waals surface area contributed by atoms with Crippen LogP contribution in [0.15, 0.2) is 30.5 Å². The Morgan fingerprint density at radius 2 is 2.30 bits per heavy atom. The number of nitrogens with zero attached hydrogens (tertiary/aromatic N) is 4. The third-order valence-corrected chi connectivity index (χ3v) is 2.95. The monoisotopic (exact) mass is 290 g/mol. The molecule has 1 aromatic carbocycles. The molecule has 0 aliphatic rings. The smallest absolute Gasteiger partial charge is 0.274 e. The molecule has 0 unspecified atom stereocenters. The fourth-order valence-corrected chi connectivity index (χ4v) is 1.85. The number of hydroxylamine groups is 2. The second-order valence-electron chi connectivity index (χ2n) is 3.90. The number of carbonyl (C=O) groups excluding carboxylic acids is 1. The van der Waals surface area contributed by atoms with E-state index in [0.717, 1.165) is 5.06 Å². The molecule has 0 bridgehead atoms. The zero-order valence-electron chi connectivity index (χ0n) is 10.9. The molecule has 0 fully saturated rings. The van der Waals surface area contributed by atoms with Gasteiger partial charge >= 0.3 is 0 Å². The minimum absolute atomic E-state index is 0.126. The number of hydrogen-bond acceptors (Lipinski definition) is 4. The van der Waals surface area contributed by atoms with Crippen molar-refractivity contribution in [2.45, 2.75) is 0 Å². The Morgan fingerprint density at radius 3 is 2.90 bits per heavy atom. The highest BCUT2D eigenvalue weighted by molar-refractivity contribution is 6.30. The Balaban J connectivity index is 2.51. The number of carbonyl (C=O) groups is 1. The van der Waals surface area contributed by atoms with Crippen LogP contribution in [0, 0.1) is 11.3 Å². The number of halogens is 1.